The highest BCUT2D eigenvalue weighted by molar-refractivity contribution is 6.02. The van der Waals surface area contributed by atoms with Crippen molar-refractivity contribution >= 4 is 23.4 Å². The fraction of sp³-hybridized carbons (Fsp3) is 0.690. The molecule has 3 N–H and O–H groups in total. The fourth-order valence-electron chi connectivity index (χ4n) is 6.73. The summed E-state index contributed by atoms with van der Waals surface area (Å²) in [6.07, 6.45) is 5.67. The molecule has 4 rings (SSSR count). The molecule has 0 saturated carbocycles. The Labute approximate surface area is 225 Å². The van der Waals surface area contributed by atoms with Gasteiger partial charge < -0.3 is 30.1 Å². The molecule has 0 aliphatic carbocycles. The van der Waals surface area contributed by atoms with E-state index in [4.69, 9.17) is 9.47 Å². The maximum Gasteiger partial charge on any atom is 0.245 e. The van der Waals surface area contributed by atoms with Crippen molar-refractivity contribution < 1.29 is 29.0 Å². The second-order valence-electron chi connectivity index (χ2n) is 10.7. The first kappa shape index (κ1) is 28.4. The van der Waals surface area contributed by atoms with E-state index in [2.05, 4.69) is 17.6 Å². The Balaban J connectivity index is 1.62. The molecule has 3 saturated heterocycles. The van der Waals surface area contributed by atoms with E-state index >= 15 is 0 Å². The van der Waals surface area contributed by atoms with Crippen LogP contribution in [0, 0.1) is 11.8 Å². The van der Waals surface area contributed by atoms with Crippen LogP contribution in [0.25, 0.3) is 0 Å². The number of hydrogen-bond donors (Lipinski definition) is 3. The highest BCUT2D eigenvalue weighted by Gasteiger charge is 2.78. The van der Waals surface area contributed by atoms with Gasteiger partial charge in [-0.25, -0.2) is 0 Å². The molecule has 0 aromatic heterocycles. The minimum absolute atomic E-state index is 0.0946. The largest absolute Gasteiger partial charge is 0.494 e. The van der Waals surface area contributed by atoms with Crippen LogP contribution in [0.3, 0.4) is 0 Å². The average Bonchev–Trinajstić information content (AvgIpc) is 3.51. The van der Waals surface area contributed by atoms with Crippen LogP contribution in [-0.2, 0) is 19.1 Å². The molecule has 210 valence electrons. The van der Waals surface area contributed by atoms with Gasteiger partial charge in [0.1, 0.15) is 17.4 Å². The Bertz CT molecular complexity index is 1000. The molecule has 38 heavy (non-hydrogen) atoms. The molecule has 1 aromatic rings. The van der Waals surface area contributed by atoms with Crippen LogP contribution in [-0.4, -0.2) is 71.3 Å². The van der Waals surface area contributed by atoms with Crippen LogP contribution in [0.4, 0.5) is 5.69 Å². The first-order valence-corrected chi connectivity index (χ1v) is 14.3. The molecule has 3 aliphatic rings. The zero-order valence-electron chi connectivity index (χ0n) is 23.0. The maximum absolute atomic E-state index is 14.0. The number of nitrogens with one attached hydrogen (secondary N) is 2. The number of carbonyl (C=O) groups excluding carboxylic acids is 3. The summed E-state index contributed by atoms with van der Waals surface area (Å²) >= 11 is 0. The molecular formula is C29H43N3O6. The average molecular weight is 530 g/mol. The Morgan fingerprint density at radius 3 is 2.50 bits per heavy atom. The normalized spacial score (nSPS) is 29.4. The van der Waals surface area contributed by atoms with E-state index in [1.165, 1.54) is 0 Å². The lowest BCUT2D eigenvalue weighted by Crippen LogP contribution is -2.55. The summed E-state index contributed by atoms with van der Waals surface area (Å²) in [6, 6.07) is 6.43. The highest BCUT2D eigenvalue weighted by atomic mass is 16.5. The van der Waals surface area contributed by atoms with Crippen molar-refractivity contribution in [1.82, 2.24) is 10.2 Å². The van der Waals surface area contributed by atoms with Gasteiger partial charge in [0.15, 0.2) is 0 Å². The van der Waals surface area contributed by atoms with E-state index in [-0.39, 0.29) is 24.3 Å². The van der Waals surface area contributed by atoms with Crippen LogP contribution in [0.1, 0.15) is 72.1 Å². The summed E-state index contributed by atoms with van der Waals surface area (Å²) in [7, 11) is 0. The smallest absolute Gasteiger partial charge is 0.245 e. The van der Waals surface area contributed by atoms with Crippen LogP contribution in [0.2, 0.25) is 0 Å². The van der Waals surface area contributed by atoms with Gasteiger partial charge in [-0.15, -0.1) is 0 Å². The first-order valence-electron chi connectivity index (χ1n) is 14.3. The number of aliphatic hydroxyl groups excluding tert-OH is 1. The lowest BCUT2D eigenvalue weighted by atomic mass is 9.65. The Hall–Kier alpha value is -2.65. The number of rotatable bonds is 14. The summed E-state index contributed by atoms with van der Waals surface area (Å²) < 4.78 is 12.3. The quantitative estimate of drug-likeness (QED) is 0.319. The summed E-state index contributed by atoms with van der Waals surface area (Å²) in [5.41, 5.74) is -1.16. The third-order valence-corrected chi connectivity index (χ3v) is 8.53. The van der Waals surface area contributed by atoms with Gasteiger partial charge in [0, 0.05) is 25.4 Å². The van der Waals surface area contributed by atoms with E-state index in [9.17, 15) is 19.5 Å². The first-order chi connectivity index (χ1) is 18.4. The monoisotopic (exact) mass is 529 g/mol. The second kappa shape index (κ2) is 12.0. The zero-order valence-corrected chi connectivity index (χ0v) is 23.0. The predicted octanol–water partition coefficient (Wildman–Crippen LogP) is 3.26. The van der Waals surface area contributed by atoms with Crippen LogP contribution in [0.5, 0.6) is 5.75 Å². The molecule has 2 bridgehead atoms. The second-order valence-corrected chi connectivity index (χ2v) is 10.7. The summed E-state index contributed by atoms with van der Waals surface area (Å²) in [5, 5.41) is 15.2. The van der Waals surface area contributed by atoms with Gasteiger partial charge in [-0.1, -0.05) is 20.3 Å². The number of amides is 3. The molecule has 1 spiro atoms. The Morgan fingerprint density at radius 2 is 1.84 bits per heavy atom. The molecule has 3 aliphatic heterocycles. The SMILES string of the molecule is CCCCNC(=O)C1N(CCCCCO)C(=O)[C@@H]2[C@@H](C(=O)Nc3ccc(OCC)cc3)[C@@]3(CC)CCC12O3. The van der Waals surface area contributed by atoms with Crippen molar-refractivity contribution in [2.75, 3.05) is 31.6 Å². The lowest BCUT2D eigenvalue weighted by molar-refractivity contribution is -0.146. The number of carbonyl (C=O) groups is 3. The van der Waals surface area contributed by atoms with E-state index in [1.54, 1.807) is 29.2 Å². The van der Waals surface area contributed by atoms with Gasteiger partial charge in [-0.3, -0.25) is 14.4 Å². The van der Waals surface area contributed by atoms with Crippen molar-refractivity contribution in [2.24, 2.45) is 11.8 Å². The molecule has 5 atom stereocenters. The number of unbranched alkanes of at least 4 members (excludes halogenated alkanes) is 3. The minimum atomic E-state index is -1.01. The Morgan fingerprint density at radius 1 is 1.08 bits per heavy atom. The number of aliphatic hydroxyl groups is 1. The van der Waals surface area contributed by atoms with Crippen LogP contribution >= 0.6 is 0 Å². The molecule has 3 heterocycles. The minimum Gasteiger partial charge on any atom is -0.494 e. The standard InChI is InChI=1S/C29H43N3O6/c1-4-7-17-30-26(35)24-29-16-15-28(5-2,38-29)22(23(29)27(36)32(24)18-9-8-10-19-33)25(34)31-20-11-13-21(14-12-20)37-6-3/h11-14,22-24,33H,4-10,15-19H2,1-3H3,(H,30,35)(H,31,34)/t22-,23-,24?,28+,29?/m0/s1. The van der Waals surface area contributed by atoms with Crippen molar-refractivity contribution in [3.63, 3.8) is 0 Å². The van der Waals surface area contributed by atoms with Gasteiger partial charge in [0.25, 0.3) is 0 Å². The van der Waals surface area contributed by atoms with E-state index in [0.29, 0.717) is 57.5 Å². The van der Waals surface area contributed by atoms with Gasteiger partial charge >= 0.3 is 0 Å². The molecule has 9 nitrogen and oxygen atoms in total. The summed E-state index contributed by atoms with van der Waals surface area (Å²) in [6.45, 7) is 7.56. The lowest BCUT2D eigenvalue weighted by Gasteiger charge is -2.34. The third-order valence-electron chi connectivity index (χ3n) is 8.53. The van der Waals surface area contributed by atoms with Crippen molar-refractivity contribution in [3.8, 4) is 5.75 Å². The number of anilines is 1. The van der Waals surface area contributed by atoms with Crippen molar-refractivity contribution in [3.05, 3.63) is 24.3 Å². The fourth-order valence-corrected chi connectivity index (χ4v) is 6.73. The molecule has 9 heteroatoms. The van der Waals surface area contributed by atoms with E-state index < -0.39 is 29.1 Å². The predicted molar refractivity (Wildman–Crippen MR) is 144 cm³/mol. The summed E-state index contributed by atoms with van der Waals surface area (Å²) in [5.74, 6) is -1.30. The van der Waals surface area contributed by atoms with Gasteiger partial charge in [-0.2, -0.15) is 0 Å². The molecule has 2 unspecified atom stereocenters. The number of nitrogens with zero attached hydrogens (tertiary/aromatic N) is 1. The number of likely N-dealkylation sites (tertiary alicyclic amines) is 1. The number of fused-ring (bicyclic) bond motifs is 1. The molecule has 3 fully saturated rings. The van der Waals surface area contributed by atoms with Gasteiger partial charge in [0.05, 0.1) is 24.0 Å². The highest BCUT2D eigenvalue weighted by Crippen LogP contribution is 2.64. The molecular weight excluding hydrogens is 486 g/mol. The van der Waals surface area contributed by atoms with E-state index in [1.807, 2.05) is 13.8 Å². The topological polar surface area (TPSA) is 117 Å². The van der Waals surface area contributed by atoms with Crippen LogP contribution in [0.15, 0.2) is 24.3 Å². The van der Waals surface area contributed by atoms with Gasteiger partial charge in [-0.05, 0) is 76.1 Å². The van der Waals surface area contributed by atoms with Crippen molar-refractivity contribution in [1.29, 1.82) is 0 Å². The zero-order chi connectivity index (χ0) is 27.3. The van der Waals surface area contributed by atoms with Crippen molar-refractivity contribution in [2.45, 2.75) is 89.4 Å². The summed E-state index contributed by atoms with van der Waals surface area (Å²) in [4.78, 5) is 43.1. The number of hydrogen-bond acceptors (Lipinski definition) is 6. The molecule has 1 aromatic carbocycles. The van der Waals surface area contributed by atoms with Gasteiger partial charge in [0.2, 0.25) is 17.7 Å². The third kappa shape index (κ3) is 5.02. The maximum atomic E-state index is 14.0. The van der Waals surface area contributed by atoms with Crippen LogP contribution < -0.4 is 15.4 Å². The molecule has 0 radical (unpaired) electrons. The number of benzene rings is 1. The molecule has 3 amide bonds. The number of ether oxygens (including phenoxy) is 2. The Kier molecular flexibility index (Phi) is 8.98. The van der Waals surface area contributed by atoms with E-state index in [0.717, 1.165) is 25.0 Å².